The van der Waals surface area contributed by atoms with E-state index in [2.05, 4.69) is 5.10 Å². The minimum Gasteiger partial charge on any atom is -0.375 e. The summed E-state index contributed by atoms with van der Waals surface area (Å²) in [4.78, 5) is 27.1. The Kier molecular flexibility index (Phi) is 4.99. The van der Waals surface area contributed by atoms with Gasteiger partial charge in [0.1, 0.15) is 0 Å². The van der Waals surface area contributed by atoms with Crippen LogP contribution < -0.4 is 0 Å². The summed E-state index contributed by atoms with van der Waals surface area (Å²) in [5, 5.41) is 4.46. The molecule has 0 aliphatic carbocycles. The van der Waals surface area contributed by atoms with Crippen LogP contribution in [0.4, 0.5) is 0 Å². The first-order valence-corrected chi connectivity index (χ1v) is 8.59. The maximum Gasteiger partial charge on any atom is 0.295 e. The monoisotopic (exact) mass is 341 g/mol. The van der Waals surface area contributed by atoms with E-state index in [1.807, 2.05) is 44.2 Å². The predicted molar refractivity (Wildman–Crippen MR) is 94.0 cm³/mol. The van der Waals surface area contributed by atoms with Crippen molar-refractivity contribution in [2.45, 2.75) is 33.3 Å². The number of aromatic nitrogens is 2. The van der Waals surface area contributed by atoms with Gasteiger partial charge in [-0.2, -0.15) is 5.10 Å². The van der Waals surface area contributed by atoms with E-state index in [0.717, 1.165) is 12.1 Å². The molecule has 1 aromatic carbocycles. The zero-order valence-electron chi connectivity index (χ0n) is 14.9. The lowest BCUT2D eigenvalue weighted by Crippen LogP contribution is -2.48. The van der Waals surface area contributed by atoms with Gasteiger partial charge in [-0.05, 0) is 32.4 Å². The number of hydrogen-bond acceptors (Lipinski definition) is 4. The molecule has 1 aliphatic heterocycles. The number of para-hydroxylation sites is 1. The van der Waals surface area contributed by atoms with Crippen LogP contribution in [0.15, 0.2) is 30.3 Å². The first-order valence-electron chi connectivity index (χ1n) is 8.59. The van der Waals surface area contributed by atoms with Crippen molar-refractivity contribution in [3.05, 3.63) is 47.3 Å². The van der Waals surface area contributed by atoms with Crippen LogP contribution >= 0.6 is 0 Å². The van der Waals surface area contributed by atoms with E-state index in [9.17, 15) is 9.59 Å². The van der Waals surface area contributed by atoms with Crippen LogP contribution in [0.1, 0.15) is 35.1 Å². The van der Waals surface area contributed by atoms with Crippen molar-refractivity contribution < 1.29 is 14.3 Å². The molecule has 0 N–H and O–H groups in total. The minimum atomic E-state index is -0.492. The van der Waals surface area contributed by atoms with Crippen LogP contribution in [0.2, 0.25) is 0 Å². The number of benzene rings is 1. The Balaban J connectivity index is 1.87. The molecule has 6 nitrogen and oxygen atoms in total. The zero-order valence-corrected chi connectivity index (χ0v) is 14.9. The molecule has 3 rings (SSSR count). The molecule has 2 aromatic rings. The molecule has 25 heavy (non-hydrogen) atoms. The quantitative estimate of drug-likeness (QED) is 0.632. The van der Waals surface area contributed by atoms with Gasteiger partial charge in [0.2, 0.25) is 0 Å². The van der Waals surface area contributed by atoms with Crippen LogP contribution in [-0.2, 0) is 9.53 Å². The number of Topliss-reactive ketones (excluding diaryl/α,β-unsaturated/α-hetero) is 1. The first kappa shape index (κ1) is 17.4. The topological polar surface area (TPSA) is 64.4 Å². The molecule has 1 saturated heterocycles. The third-order valence-corrected chi connectivity index (χ3v) is 4.59. The molecule has 132 valence electrons. The van der Waals surface area contributed by atoms with Crippen molar-refractivity contribution in [1.29, 1.82) is 0 Å². The summed E-state index contributed by atoms with van der Waals surface area (Å²) in [6, 6.07) is 9.59. The van der Waals surface area contributed by atoms with Gasteiger partial charge in [-0.15, -0.1) is 0 Å². The zero-order chi connectivity index (χ0) is 18.0. The number of aryl methyl sites for hydroxylation is 1. The lowest BCUT2D eigenvalue weighted by atomic mass is 10.1. The van der Waals surface area contributed by atoms with Crippen molar-refractivity contribution in [3.8, 4) is 5.69 Å². The number of ether oxygens (including phenoxy) is 1. The smallest absolute Gasteiger partial charge is 0.295 e. The van der Waals surface area contributed by atoms with E-state index in [0.29, 0.717) is 36.6 Å². The summed E-state index contributed by atoms with van der Waals surface area (Å²) in [5.74, 6) is -0.963. The van der Waals surface area contributed by atoms with Gasteiger partial charge in [-0.25, -0.2) is 4.68 Å². The van der Waals surface area contributed by atoms with E-state index >= 15 is 0 Å². The number of nitrogens with zero attached hydrogens (tertiary/aromatic N) is 3. The molecule has 0 spiro atoms. The third kappa shape index (κ3) is 3.35. The van der Waals surface area contributed by atoms with Crippen molar-refractivity contribution in [1.82, 2.24) is 14.7 Å². The molecule has 1 aromatic heterocycles. The van der Waals surface area contributed by atoms with Crippen LogP contribution in [0.3, 0.4) is 0 Å². The molecular weight excluding hydrogens is 318 g/mol. The number of carbonyl (C=O) groups excluding carboxylic acids is 2. The second-order valence-electron chi connectivity index (χ2n) is 6.27. The lowest BCUT2D eigenvalue weighted by molar-refractivity contribution is -0.133. The molecule has 1 amide bonds. The maximum atomic E-state index is 12.8. The standard InChI is InChI=1S/C19H23N3O3/c1-4-16-12-21(10-11-25-16)19(24)18(23)17-13(2)20-22(14(17)3)15-8-6-5-7-9-15/h5-9,16H,4,10-12H2,1-3H3/t16-/m1/s1. The highest BCUT2D eigenvalue weighted by molar-refractivity contribution is 6.43. The Morgan fingerprint density at radius 2 is 1.96 bits per heavy atom. The fourth-order valence-electron chi connectivity index (χ4n) is 3.19. The van der Waals surface area contributed by atoms with Crippen molar-refractivity contribution in [2.24, 2.45) is 0 Å². The van der Waals surface area contributed by atoms with E-state index in [1.165, 1.54) is 0 Å². The minimum absolute atomic E-state index is 0.000245. The summed E-state index contributed by atoms with van der Waals surface area (Å²) < 4.78 is 7.29. The molecule has 1 aliphatic rings. The van der Waals surface area contributed by atoms with Gasteiger partial charge >= 0.3 is 0 Å². The summed E-state index contributed by atoms with van der Waals surface area (Å²) >= 11 is 0. The first-order chi connectivity index (χ1) is 12.0. The summed E-state index contributed by atoms with van der Waals surface area (Å²) in [6.45, 7) is 6.98. The molecule has 6 heteroatoms. The highest BCUT2D eigenvalue weighted by Gasteiger charge is 2.31. The summed E-state index contributed by atoms with van der Waals surface area (Å²) in [6.07, 6.45) is 0.821. The Morgan fingerprint density at radius 3 is 2.64 bits per heavy atom. The van der Waals surface area contributed by atoms with Gasteiger partial charge in [0.15, 0.2) is 0 Å². The SMILES string of the molecule is CC[C@@H]1CN(C(=O)C(=O)c2c(C)nn(-c3ccccc3)c2C)CCO1. The average molecular weight is 341 g/mol. The number of amides is 1. The van der Waals surface area contributed by atoms with Crippen LogP contribution in [0.25, 0.3) is 5.69 Å². The summed E-state index contributed by atoms with van der Waals surface area (Å²) in [5.41, 5.74) is 2.52. The van der Waals surface area contributed by atoms with Gasteiger partial charge in [0.05, 0.1) is 35.3 Å². The number of rotatable bonds is 4. The number of hydrogen-bond donors (Lipinski definition) is 0. The summed E-state index contributed by atoms with van der Waals surface area (Å²) in [7, 11) is 0. The van der Waals surface area contributed by atoms with E-state index in [1.54, 1.807) is 16.5 Å². The van der Waals surface area contributed by atoms with Gasteiger partial charge < -0.3 is 9.64 Å². The van der Waals surface area contributed by atoms with Crippen molar-refractivity contribution in [2.75, 3.05) is 19.7 Å². The largest absolute Gasteiger partial charge is 0.375 e. The molecule has 0 saturated carbocycles. The Bertz CT molecular complexity index is 783. The number of ketones is 1. The van der Waals surface area contributed by atoms with Crippen molar-refractivity contribution >= 4 is 11.7 Å². The van der Waals surface area contributed by atoms with Gasteiger partial charge in [-0.1, -0.05) is 25.1 Å². The molecule has 1 atom stereocenters. The third-order valence-electron chi connectivity index (χ3n) is 4.59. The Hall–Kier alpha value is -2.47. The van der Waals surface area contributed by atoms with E-state index < -0.39 is 11.7 Å². The predicted octanol–water partition coefficient (Wildman–Crippen LogP) is 2.31. The molecule has 0 radical (unpaired) electrons. The fourth-order valence-corrected chi connectivity index (χ4v) is 3.19. The van der Waals surface area contributed by atoms with Gasteiger partial charge in [0.25, 0.3) is 11.7 Å². The van der Waals surface area contributed by atoms with Gasteiger partial charge in [-0.3, -0.25) is 9.59 Å². The van der Waals surface area contributed by atoms with Crippen LogP contribution in [-0.4, -0.2) is 52.2 Å². The second-order valence-corrected chi connectivity index (χ2v) is 6.27. The second kappa shape index (κ2) is 7.19. The highest BCUT2D eigenvalue weighted by Crippen LogP contribution is 2.20. The molecule has 1 fully saturated rings. The fraction of sp³-hybridized carbons (Fsp3) is 0.421. The van der Waals surface area contributed by atoms with E-state index in [4.69, 9.17) is 4.74 Å². The Morgan fingerprint density at radius 1 is 1.24 bits per heavy atom. The lowest BCUT2D eigenvalue weighted by Gasteiger charge is -2.32. The van der Waals surface area contributed by atoms with Crippen LogP contribution in [0.5, 0.6) is 0 Å². The number of carbonyl (C=O) groups is 2. The van der Waals surface area contributed by atoms with Crippen LogP contribution in [0, 0.1) is 13.8 Å². The van der Waals surface area contributed by atoms with Crippen molar-refractivity contribution in [3.63, 3.8) is 0 Å². The van der Waals surface area contributed by atoms with Gasteiger partial charge in [0, 0.05) is 13.1 Å². The number of morpholine rings is 1. The maximum absolute atomic E-state index is 12.8. The normalized spacial score (nSPS) is 17.6. The molecular formula is C19H23N3O3. The molecule has 0 unspecified atom stereocenters. The molecule has 2 heterocycles. The Labute approximate surface area is 147 Å². The average Bonchev–Trinajstić information content (AvgIpc) is 2.95. The molecule has 0 bridgehead atoms. The highest BCUT2D eigenvalue weighted by atomic mass is 16.5. The van der Waals surface area contributed by atoms with E-state index in [-0.39, 0.29) is 6.10 Å².